The highest BCUT2D eigenvalue weighted by atomic mass is 16.2. The number of hydrogen-bond donors (Lipinski definition) is 1. The number of nitrogens with zero attached hydrogens (tertiary/aromatic N) is 4. The van der Waals surface area contributed by atoms with Gasteiger partial charge in [-0.25, -0.2) is 0 Å². The number of aromatic nitrogens is 4. The first-order chi connectivity index (χ1) is 14.7. The molecule has 146 valence electrons. The maximum Gasteiger partial charge on any atom is 0.246 e. The number of amides is 1. The fraction of sp³-hybridized carbons (Fsp3) is 0.0435. The van der Waals surface area contributed by atoms with E-state index in [1.807, 2.05) is 71.3 Å². The number of pyridine rings is 1. The van der Waals surface area contributed by atoms with E-state index in [2.05, 4.69) is 15.5 Å². The van der Waals surface area contributed by atoms with Crippen molar-refractivity contribution in [2.24, 2.45) is 0 Å². The predicted molar refractivity (Wildman–Crippen MR) is 116 cm³/mol. The topological polar surface area (TPSA) is 81.8 Å². The van der Waals surface area contributed by atoms with E-state index < -0.39 is 0 Å². The summed E-state index contributed by atoms with van der Waals surface area (Å²) in [6, 6.07) is 24.2. The summed E-state index contributed by atoms with van der Waals surface area (Å²) in [5.41, 5.74) is 2.22. The Morgan fingerprint density at radius 3 is 2.10 bits per heavy atom. The molecule has 5 aromatic rings. The second-order valence-corrected chi connectivity index (χ2v) is 6.86. The lowest BCUT2D eigenvalue weighted by Gasteiger charge is -2.15. The van der Waals surface area contributed by atoms with E-state index in [1.54, 1.807) is 23.0 Å². The molecule has 0 aliphatic heterocycles. The summed E-state index contributed by atoms with van der Waals surface area (Å²) in [5.74, 6) is 0.0694. The minimum absolute atomic E-state index is 0.0307. The summed E-state index contributed by atoms with van der Waals surface area (Å²) in [4.78, 5) is 25.8. The zero-order valence-electron chi connectivity index (χ0n) is 15.9. The molecule has 0 atom stereocenters. The Hall–Kier alpha value is -4.26. The van der Waals surface area contributed by atoms with Crippen molar-refractivity contribution in [1.29, 1.82) is 0 Å². The van der Waals surface area contributed by atoms with Crippen molar-refractivity contribution in [3.05, 3.63) is 95.4 Å². The molecule has 2 aromatic heterocycles. The molecule has 1 amide bonds. The second-order valence-electron chi connectivity index (χ2n) is 6.86. The van der Waals surface area contributed by atoms with Crippen LogP contribution in [0.5, 0.6) is 0 Å². The average Bonchev–Trinajstić information content (AvgIpc) is 3.25. The summed E-state index contributed by atoms with van der Waals surface area (Å²) >= 11 is 0. The van der Waals surface area contributed by atoms with Gasteiger partial charge in [0.1, 0.15) is 12.9 Å². The van der Waals surface area contributed by atoms with Crippen LogP contribution in [0.3, 0.4) is 0 Å². The smallest absolute Gasteiger partial charge is 0.246 e. The van der Waals surface area contributed by atoms with Gasteiger partial charge in [0.25, 0.3) is 0 Å². The Kier molecular flexibility index (Phi) is 4.33. The van der Waals surface area contributed by atoms with Crippen LogP contribution in [0.4, 0.5) is 5.95 Å². The molecule has 0 unspecified atom stereocenters. The molecule has 0 saturated carbocycles. The van der Waals surface area contributed by atoms with Crippen molar-refractivity contribution in [3.8, 4) is 5.69 Å². The predicted octanol–water partition coefficient (Wildman–Crippen LogP) is 3.37. The van der Waals surface area contributed by atoms with Gasteiger partial charge in [-0.2, -0.15) is 0 Å². The number of para-hydroxylation sites is 3. The molecule has 0 radical (unpaired) electrons. The summed E-state index contributed by atoms with van der Waals surface area (Å²) < 4.78 is 3.56. The molecule has 5 rings (SSSR count). The molecule has 0 aliphatic rings. The fourth-order valence-corrected chi connectivity index (χ4v) is 3.65. The van der Waals surface area contributed by atoms with Gasteiger partial charge in [0.2, 0.25) is 11.9 Å². The average molecular weight is 395 g/mol. The third-order valence-electron chi connectivity index (χ3n) is 5.01. The summed E-state index contributed by atoms with van der Waals surface area (Å²) in [6.45, 7) is 0.0307. The molecule has 0 spiro atoms. The highest BCUT2D eigenvalue weighted by molar-refractivity contribution is 5.96. The molecule has 1 N–H and O–H groups in total. The van der Waals surface area contributed by atoms with Crippen LogP contribution in [0, 0.1) is 0 Å². The molecular weight excluding hydrogens is 378 g/mol. The fourth-order valence-electron chi connectivity index (χ4n) is 3.65. The Labute approximate surface area is 171 Å². The van der Waals surface area contributed by atoms with E-state index in [-0.39, 0.29) is 17.9 Å². The van der Waals surface area contributed by atoms with Crippen LogP contribution in [0.1, 0.15) is 0 Å². The normalized spacial score (nSPS) is 11.1. The van der Waals surface area contributed by atoms with Crippen LogP contribution in [0.2, 0.25) is 0 Å². The minimum Gasteiger partial charge on any atom is -0.331 e. The van der Waals surface area contributed by atoms with Crippen molar-refractivity contribution in [2.75, 3.05) is 5.32 Å². The van der Waals surface area contributed by atoms with Gasteiger partial charge < -0.3 is 4.57 Å². The number of carbonyl (C=O) groups is 1. The van der Waals surface area contributed by atoms with E-state index in [0.717, 1.165) is 5.69 Å². The number of rotatable bonds is 4. The number of hydrogen-bond acceptors (Lipinski definition) is 4. The Morgan fingerprint density at radius 1 is 0.833 bits per heavy atom. The lowest BCUT2D eigenvalue weighted by atomic mass is 10.1. The molecule has 30 heavy (non-hydrogen) atoms. The maximum absolute atomic E-state index is 12.9. The number of carbonyl (C=O) groups excluding carboxylic acids is 1. The van der Waals surface area contributed by atoms with Crippen molar-refractivity contribution >= 4 is 33.7 Å². The number of anilines is 1. The zero-order chi connectivity index (χ0) is 20.5. The van der Waals surface area contributed by atoms with E-state index in [0.29, 0.717) is 27.8 Å². The third-order valence-corrected chi connectivity index (χ3v) is 5.01. The maximum atomic E-state index is 12.9. The van der Waals surface area contributed by atoms with E-state index >= 15 is 0 Å². The molecule has 0 saturated heterocycles. The van der Waals surface area contributed by atoms with E-state index in [4.69, 9.17) is 0 Å². The largest absolute Gasteiger partial charge is 0.331 e. The van der Waals surface area contributed by atoms with Crippen LogP contribution in [0.25, 0.3) is 27.5 Å². The zero-order valence-corrected chi connectivity index (χ0v) is 15.9. The molecule has 2 heterocycles. The van der Waals surface area contributed by atoms with Crippen molar-refractivity contribution in [1.82, 2.24) is 19.3 Å². The lowest BCUT2D eigenvalue weighted by Crippen LogP contribution is -2.23. The van der Waals surface area contributed by atoms with Crippen LogP contribution >= 0.6 is 0 Å². The first kappa shape index (κ1) is 17.8. The highest BCUT2D eigenvalue weighted by Gasteiger charge is 2.15. The van der Waals surface area contributed by atoms with Crippen molar-refractivity contribution in [2.45, 2.75) is 6.54 Å². The first-order valence-electron chi connectivity index (χ1n) is 9.48. The number of fused-ring (bicyclic) bond motifs is 2. The summed E-state index contributed by atoms with van der Waals surface area (Å²) in [5, 5.41) is 11.9. The van der Waals surface area contributed by atoms with Crippen molar-refractivity contribution < 1.29 is 4.79 Å². The van der Waals surface area contributed by atoms with E-state index in [1.165, 1.54) is 0 Å². The van der Waals surface area contributed by atoms with Gasteiger partial charge in [-0.3, -0.25) is 19.5 Å². The molecule has 7 nitrogen and oxygen atoms in total. The molecule has 3 aromatic carbocycles. The molecular formula is C23H17N5O2. The van der Waals surface area contributed by atoms with Gasteiger partial charge in [-0.1, -0.05) is 42.5 Å². The van der Waals surface area contributed by atoms with Crippen LogP contribution in [-0.2, 0) is 11.3 Å². The first-order valence-corrected chi connectivity index (χ1v) is 9.48. The Balaban J connectivity index is 1.54. The Bertz CT molecular complexity index is 1380. The molecule has 0 aliphatic carbocycles. The summed E-state index contributed by atoms with van der Waals surface area (Å²) in [7, 11) is 0. The number of nitrogens with one attached hydrogen (secondary N) is 1. The lowest BCUT2D eigenvalue weighted by molar-refractivity contribution is -0.116. The van der Waals surface area contributed by atoms with Crippen LogP contribution in [-0.4, -0.2) is 25.2 Å². The van der Waals surface area contributed by atoms with Crippen LogP contribution < -0.4 is 10.7 Å². The number of benzene rings is 3. The SMILES string of the molecule is O=C(Cn1c2ccccc2c(=O)c2ccccc21)Nc1nncn1-c1ccccc1. The van der Waals surface area contributed by atoms with E-state index in [9.17, 15) is 9.59 Å². The summed E-state index contributed by atoms with van der Waals surface area (Å²) in [6.07, 6.45) is 1.55. The monoisotopic (exact) mass is 395 g/mol. The standard InChI is InChI=1S/C23H17N5O2/c29-21(25-23-26-24-15-28(23)16-8-2-1-3-9-16)14-27-19-12-6-4-10-17(19)22(30)18-11-5-7-13-20(18)27/h1-13,15H,14H2,(H,25,26,29). The van der Waals surface area contributed by atoms with Gasteiger partial charge in [0, 0.05) is 10.8 Å². The second kappa shape index (κ2) is 7.29. The molecule has 7 heteroatoms. The quantitative estimate of drug-likeness (QED) is 0.473. The minimum atomic E-state index is -0.265. The van der Waals surface area contributed by atoms with Gasteiger partial charge in [0.05, 0.1) is 16.7 Å². The Morgan fingerprint density at radius 2 is 1.43 bits per heavy atom. The van der Waals surface area contributed by atoms with Gasteiger partial charge >= 0.3 is 0 Å². The van der Waals surface area contributed by atoms with Gasteiger partial charge in [-0.05, 0) is 36.4 Å². The van der Waals surface area contributed by atoms with Crippen LogP contribution in [0.15, 0.2) is 90.0 Å². The third kappa shape index (κ3) is 3.02. The van der Waals surface area contributed by atoms with Gasteiger partial charge in [-0.15, -0.1) is 10.2 Å². The van der Waals surface area contributed by atoms with Crippen molar-refractivity contribution in [3.63, 3.8) is 0 Å². The molecule has 0 fully saturated rings. The highest BCUT2D eigenvalue weighted by Crippen LogP contribution is 2.19. The van der Waals surface area contributed by atoms with Gasteiger partial charge in [0.15, 0.2) is 5.43 Å². The molecule has 0 bridgehead atoms.